The zero-order chi connectivity index (χ0) is 17.5. The van der Waals surface area contributed by atoms with E-state index < -0.39 is 0 Å². The molecule has 6 nitrogen and oxygen atoms in total. The van der Waals surface area contributed by atoms with Gasteiger partial charge >= 0.3 is 5.97 Å². The maximum atomic E-state index is 12.9. The van der Waals surface area contributed by atoms with Crippen molar-refractivity contribution in [2.75, 3.05) is 59.2 Å². The Morgan fingerprint density at radius 1 is 1.00 bits per heavy atom. The Morgan fingerprint density at radius 3 is 2.12 bits per heavy atom. The Kier molecular flexibility index (Phi) is 6.81. The molecule has 2 aliphatic rings. The van der Waals surface area contributed by atoms with Gasteiger partial charge in [-0.2, -0.15) is 0 Å². The van der Waals surface area contributed by atoms with Crippen molar-refractivity contribution in [1.82, 2.24) is 9.80 Å². The normalized spacial score (nSPS) is 22.3. The Bertz CT molecular complexity index is 527. The number of nitrogens with zero attached hydrogens (tertiary/aromatic N) is 2. The highest BCUT2D eigenvalue weighted by Crippen LogP contribution is 2.30. The van der Waals surface area contributed by atoms with E-state index in [2.05, 4.69) is 21.9 Å². The van der Waals surface area contributed by atoms with E-state index in [9.17, 15) is 4.79 Å². The second-order valence-electron chi connectivity index (χ2n) is 6.35. The van der Waals surface area contributed by atoms with E-state index in [0.717, 1.165) is 31.7 Å². The molecule has 0 spiro atoms. The zero-order valence-corrected chi connectivity index (χ0v) is 14.9. The minimum atomic E-state index is -0.329. The summed E-state index contributed by atoms with van der Waals surface area (Å²) in [6.45, 7) is 8.09. The fourth-order valence-electron chi connectivity index (χ4n) is 3.66. The topological polar surface area (TPSA) is 51.2 Å². The molecule has 2 atom stereocenters. The Hall–Kier alpha value is -1.47. The summed E-state index contributed by atoms with van der Waals surface area (Å²) in [6, 6.07) is 9.91. The fourth-order valence-corrected chi connectivity index (χ4v) is 3.66. The molecule has 2 saturated heterocycles. The van der Waals surface area contributed by atoms with E-state index in [1.165, 1.54) is 0 Å². The highest BCUT2D eigenvalue weighted by atomic mass is 16.5. The van der Waals surface area contributed by atoms with Crippen molar-refractivity contribution < 1.29 is 19.0 Å². The summed E-state index contributed by atoms with van der Waals surface area (Å²) in [5.74, 6) is -0.148. The van der Waals surface area contributed by atoms with Crippen LogP contribution >= 0.6 is 0 Å². The first-order valence-electron chi connectivity index (χ1n) is 9.16. The lowest BCUT2D eigenvalue weighted by Gasteiger charge is -2.43. The third-order valence-corrected chi connectivity index (χ3v) is 4.85. The molecule has 0 amide bonds. The number of esters is 1. The smallest absolute Gasteiger partial charge is 0.325 e. The van der Waals surface area contributed by atoms with E-state index in [1.54, 1.807) is 0 Å². The number of carbonyl (C=O) groups excluding carboxylic acids is 1. The van der Waals surface area contributed by atoms with Gasteiger partial charge < -0.3 is 14.2 Å². The Morgan fingerprint density at radius 2 is 1.56 bits per heavy atom. The van der Waals surface area contributed by atoms with Gasteiger partial charge in [0.1, 0.15) is 6.04 Å². The lowest BCUT2D eigenvalue weighted by molar-refractivity contribution is -0.156. The number of hydrogen-bond acceptors (Lipinski definition) is 6. The third-order valence-electron chi connectivity index (χ3n) is 4.85. The molecule has 0 saturated carbocycles. The molecule has 2 unspecified atom stereocenters. The standard InChI is InChI=1S/C19H28N2O4/c1-2-25-19(22)18(21-10-14-24-15-11-21)17(16-6-4-3-5-7-16)20-8-12-23-13-9-20/h3-7,17-18H,2,8-15H2,1H3. The van der Waals surface area contributed by atoms with Crippen molar-refractivity contribution >= 4 is 5.97 Å². The van der Waals surface area contributed by atoms with Crippen LogP contribution in [0.4, 0.5) is 0 Å². The first-order chi connectivity index (χ1) is 12.3. The van der Waals surface area contributed by atoms with Crippen LogP contribution in [-0.4, -0.2) is 81.0 Å². The monoisotopic (exact) mass is 348 g/mol. The summed E-state index contributed by atoms with van der Waals surface area (Å²) in [5.41, 5.74) is 1.15. The van der Waals surface area contributed by atoms with Crippen molar-refractivity contribution in [3.63, 3.8) is 0 Å². The molecule has 0 aromatic heterocycles. The van der Waals surface area contributed by atoms with E-state index in [0.29, 0.717) is 33.0 Å². The number of carbonyl (C=O) groups is 1. The van der Waals surface area contributed by atoms with Crippen LogP contribution in [0.25, 0.3) is 0 Å². The van der Waals surface area contributed by atoms with Crippen molar-refractivity contribution in [2.24, 2.45) is 0 Å². The molecular weight excluding hydrogens is 320 g/mol. The number of rotatable bonds is 6. The van der Waals surface area contributed by atoms with Crippen LogP contribution in [-0.2, 0) is 19.0 Å². The largest absolute Gasteiger partial charge is 0.465 e. The predicted molar refractivity (Wildman–Crippen MR) is 94.4 cm³/mol. The minimum Gasteiger partial charge on any atom is -0.465 e. The van der Waals surface area contributed by atoms with Crippen LogP contribution in [0.2, 0.25) is 0 Å². The highest BCUT2D eigenvalue weighted by Gasteiger charge is 2.40. The van der Waals surface area contributed by atoms with E-state index in [4.69, 9.17) is 14.2 Å². The van der Waals surface area contributed by atoms with Crippen LogP contribution < -0.4 is 0 Å². The van der Waals surface area contributed by atoms with Crippen molar-refractivity contribution in [2.45, 2.75) is 19.0 Å². The maximum Gasteiger partial charge on any atom is 0.325 e. The summed E-state index contributed by atoms with van der Waals surface area (Å²) < 4.78 is 16.5. The molecule has 1 aromatic carbocycles. The van der Waals surface area contributed by atoms with Crippen molar-refractivity contribution in [1.29, 1.82) is 0 Å². The molecule has 25 heavy (non-hydrogen) atoms. The molecular formula is C19H28N2O4. The summed E-state index contributed by atoms with van der Waals surface area (Å²) >= 11 is 0. The lowest BCUT2D eigenvalue weighted by atomic mass is 9.95. The summed E-state index contributed by atoms with van der Waals surface area (Å²) in [7, 11) is 0. The molecule has 3 rings (SSSR count). The number of morpholine rings is 2. The summed E-state index contributed by atoms with van der Waals surface area (Å²) in [4.78, 5) is 17.5. The van der Waals surface area contributed by atoms with Crippen molar-refractivity contribution in [3.8, 4) is 0 Å². The lowest BCUT2D eigenvalue weighted by Crippen LogP contribution is -2.56. The minimum absolute atomic E-state index is 0.0396. The second kappa shape index (κ2) is 9.29. The van der Waals surface area contributed by atoms with Gasteiger partial charge in [0.05, 0.1) is 39.1 Å². The highest BCUT2D eigenvalue weighted by molar-refractivity contribution is 5.77. The van der Waals surface area contributed by atoms with E-state index in [1.807, 2.05) is 25.1 Å². The summed E-state index contributed by atoms with van der Waals surface area (Å²) in [6.07, 6.45) is 0. The predicted octanol–water partition coefficient (Wildman–Crippen LogP) is 1.32. The fraction of sp³-hybridized carbons (Fsp3) is 0.632. The second-order valence-corrected chi connectivity index (χ2v) is 6.35. The van der Waals surface area contributed by atoms with Gasteiger partial charge in [0, 0.05) is 26.2 Å². The van der Waals surface area contributed by atoms with Gasteiger partial charge in [0.2, 0.25) is 0 Å². The molecule has 2 fully saturated rings. The number of hydrogen-bond donors (Lipinski definition) is 0. The van der Waals surface area contributed by atoms with Gasteiger partial charge in [-0.15, -0.1) is 0 Å². The third kappa shape index (κ3) is 4.58. The number of benzene rings is 1. The van der Waals surface area contributed by atoms with E-state index >= 15 is 0 Å². The molecule has 0 radical (unpaired) electrons. The van der Waals surface area contributed by atoms with Gasteiger partial charge in [-0.05, 0) is 12.5 Å². The van der Waals surface area contributed by atoms with Crippen LogP contribution in [0, 0.1) is 0 Å². The van der Waals surface area contributed by atoms with Crippen LogP contribution in [0.3, 0.4) is 0 Å². The van der Waals surface area contributed by atoms with Crippen molar-refractivity contribution in [3.05, 3.63) is 35.9 Å². The van der Waals surface area contributed by atoms with Gasteiger partial charge in [-0.1, -0.05) is 30.3 Å². The molecule has 2 heterocycles. The average Bonchev–Trinajstić information content (AvgIpc) is 2.68. The van der Waals surface area contributed by atoms with Gasteiger partial charge in [-0.25, -0.2) is 0 Å². The Balaban J connectivity index is 1.93. The zero-order valence-electron chi connectivity index (χ0n) is 14.9. The molecule has 0 aliphatic carbocycles. The van der Waals surface area contributed by atoms with Gasteiger partial charge in [0.25, 0.3) is 0 Å². The maximum absolute atomic E-state index is 12.9. The van der Waals surface area contributed by atoms with Crippen LogP contribution in [0.5, 0.6) is 0 Å². The first kappa shape index (κ1) is 18.3. The molecule has 1 aromatic rings. The van der Waals surface area contributed by atoms with Gasteiger partial charge in [0.15, 0.2) is 0 Å². The molecule has 2 aliphatic heterocycles. The molecule has 138 valence electrons. The SMILES string of the molecule is CCOC(=O)C(C(c1ccccc1)N1CCOCC1)N1CCOCC1. The number of ether oxygens (including phenoxy) is 3. The van der Waals surface area contributed by atoms with Crippen LogP contribution in [0.1, 0.15) is 18.5 Å². The van der Waals surface area contributed by atoms with E-state index in [-0.39, 0.29) is 18.1 Å². The average molecular weight is 348 g/mol. The molecule has 0 N–H and O–H groups in total. The molecule has 0 bridgehead atoms. The van der Waals surface area contributed by atoms with Gasteiger partial charge in [-0.3, -0.25) is 14.6 Å². The molecule has 6 heteroatoms. The Labute approximate surface area is 149 Å². The quantitative estimate of drug-likeness (QED) is 0.723. The van der Waals surface area contributed by atoms with Crippen LogP contribution in [0.15, 0.2) is 30.3 Å². The summed E-state index contributed by atoms with van der Waals surface area (Å²) in [5, 5.41) is 0. The first-order valence-corrected chi connectivity index (χ1v) is 9.16.